The number of primary sulfonamides is 1. The molecule has 3 rings (SSSR count). The van der Waals surface area contributed by atoms with E-state index in [4.69, 9.17) is 5.14 Å². The smallest absolute Gasteiger partial charge is 0.254 e. The van der Waals surface area contributed by atoms with Gasteiger partial charge in [0.2, 0.25) is 10.0 Å². The van der Waals surface area contributed by atoms with Crippen LogP contribution in [0.4, 0.5) is 0 Å². The number of carbonyl (C=O) groups excluding carboxylic acids is 1. The Hall–Kier alpha value is -2.52. The number of aryl methyl sites for hydroxylation is 1. The van der Waals surface area contributed by atoms with Gasteiger partial charge in [-0.1, -0.05) is 0 Å². The van der Waals surface area contributed by atoms with Gasteiger partial charge in [0, 0.05) is 30.6 Å². The molecule has 1 aromatic carbocycles. The van der Waals surface area contributed by atoms with Crippen LogP contribution in [-0.2, 0) is 22.9 Å². The zero-order chi connectivity index (χ0) is 18.2. The van der Waals surface area contributed by atoms with E-state index in [2.05, 4.69) is 9.97 Å². The zero-order valence-corrected chi connectivity index (χ0v) is 14.5. The summed E-state index contributed by atoms with van der Waals surface area (Å²) in [6.45, 7) is 2.57. The Bertz CT molecular complexity index is 980. The first-order valence-corrected chi connectivity index (χ1v) is 9.31. The van der Waals surface area contributed by atoms with Gasteiger partial charge in [0.05, 0.1) is 10.6 Å². The lowest BCUT2D eigenvalue weighted by molar-refractivity contribution is 0.0763. The number of nitrogens with zero attached hydrogens (tertiary/aromatic N) is 2. The normalized spacial score (nSPS) is 14.7. The molecule has 0 atom stereocenters. The number of nitrogens with two attached hydrogens (primary N) is 1. The Morgan fingerprint density at radius 3 is 2.48 bits per heavy atom. The van der Waals surface area contributed by atoms with Crippen LogP contribution in [0.1, 0.15) is 27.4 Å². The fourth-order valence-electron chi connectivity index (χ4n) is 2.91. The Labute approximate surface area is 144 Å². The van der Waals surface area contributed by atoms with Crippen LogP contribution in [0.5, 0.6) is 0 Å². The molecule has 132 valence electrons. The SMILES string of the molecule is Cc1nc2c(c(=O)[nH]1)CCN(C(=O)c1ccc(S(N)(=O)=O)cc1)CC2. The second-order valence-electron chi connectivity index (χ2n) is 5.94. The maximum absolute atomic E-state index is 12.7. The average molecular weight is 362 g/mol. The van der Waals surface area contributed by atoms with E-state index in [0.717, 1.165) is 5.69 Å². The first kappa shape index (κ1) is 17.3. The van der Waals surface area contributed by atoms with Crippen molar-refractivity contribution in [3.05, 3.63) is 57.3 Å². The van der Waals surface area contributed by atoms with Crippen LogP contribution < -0.4 is 10.7 Å². The van der Waals surface area contributed by atoms with Crippen LogP contribution in [0.25, 0.3) is 0 Å². The lowest BCUT2D eigenvalue weighted by atomic mass is 10.1. The number of hydrogen-bond acceptors (Lipinski definition) is 5. The van der Waals surface area contributed by atoms with Crippen molar-refractivity contribution in [2.24, 2.45) is 5.14 Å². The quantitative estimate of drug-likeness (QED) is 0.775. The molecule has 25 heavy (non-hydrogen) atoms. The molecule has 1 amide bonds. The Kier molecular flexibility index (Phi) is 4.44. The van der Waals surface area contributed by atoms with Gasteiger partial charge in [-0.3, -0.25) is 9.59 Å². The van der Waals surface area contributed by atoms with Crippen LogP contribution in [-0.4, -0.2) is 42.3 Å². The molecule has 0 bridgehead atoms. The van der Waals surface area contributed by atoms with Gasteiger partial charge in [-0.15, -0.1) is 0 Å². The molecule has 8 nitrogen and oxygen atoms in total. The number of carbonyl (C=O) groups is 1. The van der Waals surface area contributed by atoms with Crippen molar-refractivity contribution in [1.29, 1.82) is 0 Å². The highest BCUT2D eigenvalue weighted by Crippen LogP contribution is 2.15. The number of hydrogen-bond donors (Lipinski definition) is 2. The molecule has 1 aliphatic heterocycles. The van der Waals surface area contributed by atoms with Crippen molar-refractivity contribution >= 4 is 15.9 Å². The van der Waals surface area contributed by atoms with Gasteiger partial charge in [0.1, 0.15) is 5.82 Å². The minimum atomic E-state index is -3.79. The van der Waals surface area contributed by atoms with E-state index in [9.17, 15) is 18.0 Å². The highest BCUT2D eigenvalue weighted by molar-refractivity contribution is 7.89. The molecular weight excluding hydrogens is 344 g/mol. The minimum absolute atomic E-state index is 0.0430. The van der Waals surface area contributed by atoms with E-state index in [-0.39, 0.29) is 16.4 Å². The predicted molar refractivity (Wildman–Crippen MR) is 90.7 cm³/mol. The van der Waals surface area contributed by atoms with E-state index in [0.29, 0.717) is 42.9 Å². The van der Waals surface area contributed by atoms with Crippen LogP contribution in [0.3, 0.4) is 0 Å². The molecule has 0 fully saturated rings. The summed E-state index contributed by atoms with van der Waals surface area (Å²) in [6, 6.07) is 5.50. The maximum atomic E-state index is 12.7. The van der Waals surface area contributed by atoms with Gasteiger partial charge in [-0.2, -0.15) is 0 Å². The molecule has 0 aliphatic carbocycles. The number of benzene rings is 1. The molecule has 1 aliphatic rings. The first-order chi connectivity index (χ1) is 11.8. The Morgan fingerprint density at radius 1 is 1.20 bits per heavy atom. The van der Waals surface area contributed by atoms with E-state index in [1.54, 1.807) is 11.8 Å². The number of aromatic nitrogens is 2. The number of rotatable bonds is 2. The number of amides is 1. The summed E-state index contributed by atoms with van der Waals surface area (Å²) in [6.07, 6.45) is 0.931. The van der Waals surface area contributed by atoms with Gasteiger partial charge in [0.25, 0.3) is 11.5 Å². The summed E-state index contributed by atoms with van der Waals surface area (Å²) >= 11 is 0. The largest absolute Gasteiger partial charge is 0.338 e. The minimum Gasteiger partial charge on any atom is -0.338 e. The predicted octanol–water partition coefficient (Wildman–Crippen LogP) is -0.0333. The molecule has 3 N–H and O–H groups in total. The van der Waals surface area contributed by atoms with Gasteiger partial charge >= 0.3 is 0 Å². The van der Waals surface area contributed by atoms with Crippen molar-refractivity contribution in [2.45, 2.75) is 24.7 Å². The molecule has 0 unspecified atom stereocenters. The third-order valence-corrected chi connectivity index (χ3v) is 5.12. The molecule has 0 spiro atoms. The number of fused-ring (bicyclic) bond motifs is 1. The highest BCUT2D eigenvalue weighted by atomic mass is 32.2. The molecule has 0 saturated carbocycles. The summed E-state index contributed by atoms with van der Waals surface area (Å²) < 4.78 is 22.6. The summed E-state index contributed by atoms with van der Waals surface area (Å²) in [4.78, 5) is 33.4. The number of aromatic amines is 1. The summed E-state index contributed by atoms with van der Waals surface area (Å²) in [5.41, 5.74) is 1.55. The van der Waals surface area contributed by atoms with Crippen molar-refractivity contribution in [1.82, 2.24) is 14.9 Å². The monoisotopic (exact) mass is 362 g/mol. The second kappa shape index (κ2) is 6.41. The number of nitrogens with one attached hydrogen (secondary N) is 1. The summed E-state index contributed by atoms with van der Waals surface area (Å²) in [5, 5.41) is 5.06. The lowest BCUT2D eigenvalue weighted by Crippen LogP contribution is -2.33. The van der Waals surface area contributed by atoms with Crippen LogP contribution in [0.15, 0.2) is 34.0 Å². The Balaban J connectivity index is 1.81. The summed E-state index contributed by atoms with van der Waals surface area (Å²) in [7, 11) is -3.79. The molecular formula is C16H18N4O4S. The van der Waals surface area contributed by atoms with E-state index in [1.807, 2.05) is 0 Å². The Morgan fingerprint density at radius 2 is 1.84 bits per heavy atom. The molecule has 9 heteroatoms. The van der Waals surface area contributed by atoms with E-state index >= 15 is 0 Å². The molecule has 2 aromatic rings. The van der Waals surface area contributed by atoms with Crippen LogP contribution in [0.2, 0.25) is 0 Å². The number of H-pyrrole nitrogens is 1. The van der Waals surface area contributed by atoms with Gasteiger partial charge in [-0.05, 0) is 37.6 Å². The van der Waals surface area contributed by atoms with Crippen molar-refractivity contribution < 1.29 is 13.2 Å². The average Bonchev–Trinajstić information content (AvgIpc) is 2.76. The lowest BCUT2D eigenvalue weighted by Gasteiger charge is -2.20. The summed E-state index contributed by atoms with van der Waals surface area (Å²) in [5.74, 6) is 0.337. The molecule has 1 aromatic heterocycles. The zero-order valence-electron chi connectivity index (χ0n) is 13.7. The van der Waals surface area contributed by atoms with Crippen molar-refractivity contribution in [3.8, 4) is 0 Å². The highest BCUT2D eigenvalue weighted by Gasteiger charge is 2.22. The topological polar surface area (TPSA) is 126 Å². The maximum Gasteiger partial charge on any atom is 0.254 e. The third-order valence-electron chi connectivity index (χ3n) is 4.19. The molecule has 2 heterocycles. The third kappa shape index (κ3) is 3.62. The van der Waals surface area contributed by atoms with E-state index < -0.39 is 10.0 Å². The standard InChI is InChI=1S/C16H18N4O4S/c1-10-18-14-7-9-20(8-6-13(14)15(21)19-10)16(22)11-2-4-12(5-3-11)25(17,23)24/h2-5H,6-9H2,1H3,(H2,17,23,24)(H,18,19,21). The van der Waals surface area contributed by atoms with E-state index in [1.165, 1.54) is 24.3 Å². The molecule has 0 radical (unpaired) electrons. The van der Waals surface area contributed by atoms with Gasteiger partial charge in [-0.25, -0.2) is 18.5 Å². The fourth-order valence-corrected chi connectivity index (χ4v) is 3.42. The first-order valence-electron chi connectivity index (χ1n) is 7.76. The van der Waals surface area contributed by atoms with Gasteiger partial charge < -0.3 is 9.88 Å². The van der Waals surface area contributed by atoms with Gasteiger partial charge in [0.15, 0.2) is 0 Å². The van der Waals surface area contributed by atoms with Crippen molar-refractivity contribution in [3.63, 3.8) is 0 Å². The van der Waals surface area contributed by atoms with Crippen LogP contribution in [0, 0.1) is 6.92 Å². The fraction of sp³-hybridized carbons (Fsp3) is 0.312. The molecule has 0 saturated heterocycles. The number of sulfonamides is 1. The van der Waals surface area contributed by atoms with Crippen LogP contribution >= 0.6 is 0 Å². The van der Waals surface area contributed by atoms with Crippen molar-refractivity contribution in [2.75, 3.05) is 13.1 Å². The second-order valence-corrected chi connectivity index (χ2v) is 7.50.